The van der Waals surface area contributed by atoms with Crippen LogP contribution in [0.4, 0.5) is 5.69 Å². The van der Waals surface area contributed by atoms with Crippen molar-refractivity contribution in [2.75, 3.05) is 19.0 Å². The Bertz CT molecular complexity index is 189. The van der Waals surface area contributed by atoms with Gasteiger partial charge < -0.3 is 9.88 Å². The first kappa shape index (κ1) is 6.20. The Morgan fingerprint density at radius 2 is 2.00 bits per heavy atom. The lowest BCUT2D eigenvalue weighted by atomic mass is 10.3. The Hall–Kier alpha value is -0.920. The monoisotopic (exact) mass is 124 g/mol. The fraction of sp³-hybridized carbons (Fsp3) is 0.429. The van der Waals surface area contributed by atoms with Crippen LogP contribution >= 0.6 is 0 Å². The summed E-state index contributed by atoms with van der Waals surface area (Å²) in [7, 11) is 4.08. The minimum absolute atomic E-state index is 1.26. The molecule has 0 aliphatic rings. The standard InChI is InChI=1S/C7H12N2/c1-6-4-8-5-7(6)9(2)3/h4-5,8H,1-3H3. The molecule has 0 aliphatic heterocycles. The predicted octanol–water partition coefficient (Wildman–Crippen LogP) is 1.39. The molecule has 0 radical (unpaired) electrons. The maximum absolute atomic E-state index is 3.04. The summed E-state index contributed by atoms with van der Waals surface area (Å²) < 4.78 is 0. The first-order valence-electron chi connectivity index (χ1n) is 3.02. The molecule has 0 spiro atoms. The summed E-state index contributed by atoms with van der Waals surface area (Å²) in [6.45, 7) is 2.09. The second-order valence-corrected chi connectivity index (χ2v) is 2.42. The van der Waals surface area contributed by atoms with Crippen LogP contribution < -0.4 is 4.90 Å². The number of aromatic amines is 1. The van der Waals surface area contributed by atoms with Gasteiger partial charge >= 0.3 is 0 Å². The Balaban J connectivity index is 2.94. The van der Waals surface area contributed by atoms with Crippen LogP contribution in [-0.4, -0.2) is 19.1 Å². The first-order chi connectivity index (χ1) is 4.22. The fourth-order valence-corrected chi connectivity index (χ4v) is 0.915. The minimum atomic E-state index is 1.26. The highest BCUT2D eigenvalue weighted by Crippen LogP contribution is 2.14. The molecular weight excluding hydrogens is 112 g/mol. The Morgan fingerprint density at radius 3 is 2.22 bits per heavy atom. The summed E-state index contributed by atoms with van der Waals surface area (Å²) in [4.78, 5) is 5.13. The third kappa shape index (κ3) is 1.07. The van der Waals surface area contributed by atoms with E-state index in [0.717, 1.165) is 0 Å². The van der Waals surface area contributed by atoms with Gasteiger partial charge in [-0.1, -0.05) is 0 Å². The Labute approximate surface area is 55.5 Å². The molecule has 0 unspecified atom stereocenters. The van der Waals surface area contributed by atoms with Gasteiger partial charge in [-0.05, 0) is 12.5 Å². The van der Waals surface area contributed by atoms with Crippen LogP contribution in [-0.2, 0) is 0 Å². The molecule has 1 N–H and O–H groups in total. The highest BCUT2D eigenvalue weighted by Gasteiger charge is 1.97. The molecule has 1 heterocycles. The smallest absolute Gasteiger partial charge is 0.0568 e. The fourth-order valence-electron chi connectivity index (χ4n) is 0.915. The molecule has 0 aromatic carbocycles. The van der Waals surface area contributed by atoms with E-state index in [1.807, 2.05) is 26.5 Å². The van der Waals surface area contributed by atoms with Crippen LogP contribution in [0.25, 0.3) is 0 Å². The molecule has 0 saturated carbocycles. The van der Waals surface area contributed by atoms with Gasteiger partial charge in [-0.3, -0.25) is 0 Å². The number of nitrogens with one attached hydrogen (secondary N) is 1. The van der Waals surface area contributed by atoms with E-state index in [1.54, 1.807) is 0 Å². The van der Waals surface area contributed by atoms with Crippen molar-refractivity contribution in [1.29, 1.82) is 0 Å². The Morgan fingerprint density at radius 1 is 1.33 bits per heavy atom. The van der Waals surface area contributed by atoms with E-state index in [1.165, 1.54) is 11.3 Å². The molecule has 50 valence electrons. The summed E-state index contributed by atoms with van der Waals surface area (Å²) in [5.41, 5.74) is 2.55. The van der Waals surface area contributed by atoms with Gasteiger partial charge in [0.1, 0.15) is 0 Å². The van der Waals surface area contributed by atoms with Crippen LogP contribution in [0.1, 0.15) is 5.56 Å². The van der Waals surface area contributed by atoms with E-state index >= 15 is 0 Å². The highest BCUT2D eigenvalue weighted by atomic mass is 15.1. The van der Waals surface area contributed by atoms with Crippen molar-refractivity contribution in [3.8, 4) is 0 Å². The third-order valence-electron chi connectivity index (χ3n) is 1.41. The summed E-state index contributed by atoms with van der Waals surface area (Å²) >= 11 is 0. The van der Waals surface area contributed by atoms with E-state index in [4.69, 9.17) is 0 Å². The van der Waals surface area contributed by atoms with E-state index in [-0.39, 0.29) is 0 Å². The second-order valence-electron chi connectivity index (χ2n) is 2.42. The number of rotatable bonds is 1. The van der Waals surface area contributed by atoms with Crippen LogP contribution in [0.5, 0.6) is 0 Å². The van der Waals surface area contributed by atoms with Gasteiger partial charge in [-0.2, -0.15) is 0 Å². The van der Waals surface area contributed by atoms with Crippen molar-refractivity contribution in [2.45, 2.75) is 6.92 Å². The number of hydrogen-bond acceptors (Lipinski definition) is 1. The summed E-state index contributed by atoms with van der Waals surface area (Å²) in [6.07, 6.45) is 3.99. The molecule has 1 aromatic heterocycles. The van der Waals surface area contributed by atoms with Gasteiger partial charge in [-0.25, -0.2) is 0 Å². The predicted molar refractivity (Wildman–Crippen MR) is 39.9 cm³/mol. The highest BCUT2D eigenvalue weighted by molar-refractivity contribution is 5.49. The van der Waals surface area contributed by atoms with Crippen LogP contribution in [0.15, 0.2) is 12.4 Å². The summed E-state index contributed by atoms with van der Waals surface area (Å²) in [5.74, 6) is 0. The number of hydrogen-bond donors (Lipinski definition) is 1. The van der Waals surface area contributed by atoms with Crippen molar-refractivity contribution in [3.05, 3.63) is 18.0 Å². The molecule has 2 nitrogen and oxygen atoms in total. The van der Waals surface area contributed by atoms with Crippen LogP contribution in [0.3, 0.4) is 0 Å². The molecule has 0 atom stereocenters. The zero-order chi connectivity index (χ0) is 6.85. The van der Waals surface area contributed by atoms with E-state index in [2.05, 4.69) is 16.8 Å². The van der Waals surface area contributed by atoms with Gasteiger partial charge in [0.25, 0.3) is 0 Å². The molecule has 0 saturated heterocycles. The number of anilines is 1. The van der Waals surface area contributed by atoms with Crippen molar-refractivity contribution in [3.63, 3.8) is 0 Å². The van der Waals surface area contributed by atoms with Gasteiger partial charge in [0.05, 0.1) is 5.69 Å². The molecule has 1 aromatic rings. The number of aryl methyl sites for hydroxylation is 1. The minimum Gasteiger partial charge on any atom is -0.376 e. The average Bonchev–Trinajstić information content (AvgIpc) is 2.13. The molecule has 0 fully saturated rings. The molecule has 1 rings (SSSR count). The van der Waals surface area contributed by atoms with Gasteiger partial charge in [-0.15, -0.1) is 0 Å². The topological polar surface area (TPSA) is 19.0 Å². The third-order valence-corrected chi connectivity index (χ3v) is 1.41. The zero-order valence-electron chi connectivity index (χ0n) is 6.10. The van der Waals surface area contributed by atoms with Crippen molar-refractivity contribution in [2.24, 2.45) is 0 Å². The van der Waals surface area contributed by atoms with Crippen molar-refractivity contribution in [1.82, 2.24) is 4.98 Å². The van der Waals surface area contributed by atoms with Gasteiger partial charge in [0, 0.05) is 26.5 Å². The number of H-pyrrole nitrogens is 1. The van der Waals surface area contributed by atoms with Gasteiger partial charge in [0.15, 0.2) is 0 Å². The van der Waals surface area contributed by atoms with E-state index in [9.17, 15) is 0 Å². The van der Waals surface area contributed by atoms with Crippen molar-refractivity contribution < 1.29 is 0 Å². The molecular formula is C7H12N2. The summed E-state index contributed by atoms with van der Waals surface area (Å²) in [6, 6.07) is 0. The first-order valence-corrected chi connectivity index (χ1v) is 3.02. The quantitative estimate of drug-likeness (QED) is 0.599. The largest absolute Gasteiger partial charge is 0.376 e. The molecule has 0 amide bonds. The van der Waals surface area contributed by atoms with Crippen molar-refractivity contribution >= 4 is 5.69 Å². The zero-order valence-corrected chi connectivity index (χ0v) is 6.10. The Kier molecular flexibility index (Phi) is 1.47. The summed E-state index contributed by atoms with van der Waals surface area (Å²) in [5, 5.41) is 0. The maximum atomic E-state index is 3.04. The molecule has 0 bridgehead atoms. The van der Waals surface area contributed by atoms with Gasteiger partial charge in [0.2, 0.25) is 0 Å². The molecule has 0 aliphatic carbocycles. The van der Waals surface area contributed by atoms with E-state index < -0.39 is 0 Å². The van der Waals surface area contributed by atoms with Crippen LogP contribution in [0.2, 0.25) is 0 Å². The van der Waals surface area contributed by atoms with E-state index in [0.29, 0.717) is 0 Å². The maximum Gasteiger partial charge on any atom is 0.0568 e. The van der Waals surface area contributed by atoms with Crippen LogP contribution in [0, 0.1) is 6.92 Å². The average molecular weight is 124 g/mol. The lowest BCUT2D eigenvalue weighted by Gasteiger charge is -2.09. The molecule has 2 heteroatoms. The normalized spacial score (nSPS) is 9.67. The second kappa shape index (κ2) is 2.13. The lowest BCUT2D eigenvalue weighted by Crippen LogP contribution is -2.08. The SMILES string of the molecule is Cc1c[nH]cc1N(C)C. The number of nitrogens with zero attached hydrogens (tertiary/aromatic N) is 1. The lowest BCUT2D eigenvalue weighted by molar-refractivity contribution is 1.12. The number of aromatic nitrogens is 1. The molecule has 9 heavy (non-hydrogen) atoms.